The minimum absolute atomic E-state index is 0.148. The normalized spacial score (nSPS) is 14.2. The first-order valence-electron chi connectivity index (χ1n) is 22.5. The van der Waals surface area contributed by atoms with Crippen LogP contribution >= 0.6 is 0 Å². The maximum absolute atomic E-state index is 5.33. The largest absolute Gasteiger partial charge is 0.228 e. The molecule has 2 aliphatic rings. The highest BCUT2D eigenvalue weighted by Gasteiger charge is 2.39. The monoisotopic (exact) mass is 816 g/mol. The zero-order valence-corrected chi connectivity index (χ0v) is 36.4. The number of hydrogen-bond acceptors (Lipinski definition) is 2. The van der Waals surface area contributed by atoms with Crippen LogP contribution in [0.25, 0.3) is 110 Å². The molecule has 0 radical (unpaired) electrons. The molecular weight excluding hydrogens is 773 g/mol. The van der Waals surface area contributed by atoms with Crippen molar-refractivity contribution in [2.45, 2.75) is 38.5 Å². The Morgan fingerprint density at radius 3 is 1.67 bits per heavy atom. The average Bonchev–Trinajstić information content (AvgIpc) is 3.72. The van der Waals surface area contributed by atoms with Crippen LogP contribution in [-0.2, 0) is 10.8 Å². The van der Waals surface area contributed by atoms with Crippen molar-refractivity contribution >= 4 is 43.1 Å². The van der Waals surface area contributed by atoms with Crippen molar-refractivity contribution in [3.8, 4) is 67.3 Å². The van der Waals surface area contributed by atoms with E-state index in [1.165, 1.54) is 98.7 Å². The van der Waals surface area contributed by atoms with E-state index in [0.29, 0.717) is 0 Å². The molecule has 0 spiro atoms. The summed E-state index contributed by atoms with van der Waals surface area (Å²) < 4.78 is 0. The molecule has 64 heavy (non-hydrogen) atoms. The van der Waals surface area contributed by atoms with Crippen LogP contribution in [0.15, 0.2) is 194 Å². The van der Waals surface area contributed by atoms with Crippen molar-refractivity contribution in [1.82, 2.24) is 9.97 Å². The highest BCUT2D eigenvalue weighted by atomic mass is 14.9. The van der Waals surface area contributed by atoms with Gasteiger partial charge in [0.2, 0.25) is 0 Å². The summed E-state index contributed by atoms with van der Waals surface area (Å²) in [6.07, 6.45) is 0. The lowest BCUT2D eigenvalue weighted by Crippen LogP contribution is -2.15. The number of benzene rings is 10. The van der Waals surface area contributed by atoms with E-state index in [-0.39, 0.29) is 10.8 Å². The Bertz CT molecular complexity index is 3780. The molecule has 11 aromatic rings. The van der Waals surface area contributed by atoms with Gasteiger partial charge in [-0.25, -0.2) is 9.97 Å². The van der Waals surface area contributed by atoms with E-state index in [2.05, 4.69) is 216 Å². The summed E-state index contributed by atoms with van der Waals surface area (Å²) in [7, 11) is 0. The van der Waals surface area contributed by atoms with E-state index in [1.807, 2.05) is 6.07 Å². The van der Waals surface area contributed by atoms with Crippen LogP contribution in [0.3, 0.4) is 0 Å². The average molecular weight is 817 g/mol. The van der Waals surface area contributed by atoms with E-state index < -0.39 is 0 Å². The van der Waals surface area contributed by atoms with Crippen LogP contribution in [0.5, 0.6) is 0 Å². The molecule has 0 saturated carbocycles. The Morgan fingerprint density at radius 2 is 0.891 bits per heavy atom. The van der Waals surface area contributed by atoms with E-state index in [4.69, 9.17) is 9.97 Å². The number of rotatable bonds is 4. The molecule has 0 saturated heterocycles. The van der Waals surface area contributed by atoms with E-state index in [1.54, 1.807) is 0 Å². The SMILES string of the molecule is CC1(C)c2cc3ccccc3cc2-c2c(-c3cc(-c4ccc5cc(-c6ccc7c(c6)C(C)(C)c6c-7c7ccccc7c7ccccc67)ccc5c4)nc(-c4ccccc4)n3)cccc21. The Kier molecular flexibility index (Phi) is 7.74. The topological polar surface area (TPSA) is 25.8 Å². The van der Waals surface area contributed by atoms with Gasteiger partial charge >= 0.3 is 0 Å². The summed E-state index contributed by atoms with van der Waals surface area (Å²) in [6.45, 7) is 9.51. The molecule has 10 aromatic carbocycles. The minimum Gasteiger partial charge on any atom is -0.228 e. The number of hydrogen-bond donors (Lipinski definition) is 0. The molecule has 2 heteroatoms. The number of nitrogens with zero attached hydrogens (tertiary/aromatic N) is 2. The molecule has 0 atom stereocenters. The fourth-order valence-electron chi connectivity index (χ4n) is 11.4. The minimum atomic E-state index is -0.154. The van der Waals surface area contributed by atoms with Gasteiger partial charge in [-0.05, 0) is 135 Å². The van der Waals surface area contributed by atoms with Crippen LogP contribution in [0.1, 0.15) is 49.9 Å². The smallest absolute Gasteiger partial charge is 0.160 e. The third kappa shape index (κ3) is 5.32. The lowest BCUT2D eigenvalue weighted by atomic mass is 9.78. The van der Waals surface area contributed by atoms with Crippen molar-refractivity contribution in [1.29, 1.82) is 0 Å². The lowest BCUT2D eigenvalue weighted by Gasteiger charge is -2.24. The first-order chi connectivity index (χ1) is 31.2. The van der Waals surface area contributed by atoms with Gasteiger partial charge in [0.05, 0.1) is 11.4 Å². The third-order valence-electron chi connectivity index (χ3n) is 14.6. The molecule has 13 rings (SSSR count). The molecule has 1 aromatic heterocycles. The molecule has 0 N–H and O–H groups in total. The molecule has 0 unspecified atom stereocenters. The molecule has 302 valence electrons. The third-order valence-corrected chi connectivity index (χ3v) is 14.6. The summed E-state index contributed by atoms with van der Waals surface area (Å²) >= 11 is 0. The van der Waals surface area contributed by atoms with Gasteiger partial charge in [0, 0.05) is 27.5 Å². The summed E-state index contributed by atoms with van der Waals surface area (Å²) in [5.74, 6) is 0.722. The second-order valence-corrected chi connectivity index (χ2v) is 18.9. The molecule has 0 amide bonds. The maximum Gasteiger partial charge on any atom is 0.160 e. The van der Waals surface area contributed by atoms with Crippen molar-refractivity contribution in [3.63, 3.8) is 0 Å². The summed E-state index contributed by atoms with van der Waals surface area (Å²) in [5, 5.41) is 10.2. The molecule has 2 aliphatic carbocycles. The molecule has 2 nitrogen and oxygen atoms in total. The second kappa shape index (κ2) is 13.4. The van der Waals surface area contributed by atoms with Gasteiger partial charge in [-0.15, -0.1) is 0 Å². The summed E-state index contributed by atoms with van der Waals surface area (Å²) in [4.78, 5) is 10.6. The molecule has 0 bridgehead atoms. The predicted molar refractivity (Wildman–Crippen MR) is 269 cm³/mol. The van der Waals surface area contributed by atoms with Crippen LogP contribution in [0.4, 0.5) is 0 Å². The number of fused-ring (bicyclic) bond motifs is 13. The van der Waals surface area contributed by atoms with Gasteiger partial charge in [0.25, 0.3) is 0 Å². The Morgan fingerprint density at radius 1 is 0.312 bits per heavy atom. The Hall–Kier alpha value is -7.68. The zero-order valence-electron chi connectivity index (χ0n) is 36.4. The first-order valence-corrected chi connectivity index (χ1v) is 22.5. The maximum atomic E-state index is 5.33. The first kappa shape index (κ1) is 36.9. The summed E-state index contributed by atoms with van der Waals surface area (Å²) in [6, 6.07) is 71.5. The van der Waals surface area contributed by atoms with Gasteiger partial charge in [-0.2, -0.15) is 0 Å². The highest BCUT2D eigenvalue weighted by Crippen LogP contribution is 2.56. The lowest BCUT2D eigenvalue weighted by molar-refractivity contribution is 0.661. The van der Waals surface area contributed by atoms with Crippen LogP contribution in [0.2, 0.25) is 0 Å². The second-order valence-electron chi connectivity index (χ2n) is 18.9. The van der Waals surface area contributed by atoms with Gasteiger partial charge in [-0.1, -0.05) is 185 Å². The number of aromatic nitrogens is 2. The van der Waals surface area contributed by atoms with Gasteiger partial charge < -0.3 is 0 Å². The van der Waals surface area contributed by atoms with Crippen molar-refractivity contribution in [2.24, 2.45) is 0 Å². The zero-order chi connectivity index (χ0) is 42.9. The van der Waals surface area contributed by atoms with E-state index in [0.717, 1.165) is 33.9 Å². The van der Waals surface area contributed by atoms with Crippen LogP contribution in [-0.4, -0.2) is 9.97 Å². The van der Waals surface area contributed by atoms with Crippen molar-refractivity contribution in [2.75, 3.05) is 0 Å². The highest BCUT2D eigenvalue weighted by molar-refractivity contribution is 6.18. The van der Waals surface area contributed by atoms with Crippen molar-refractivity contribution in [3.05, 3.63) is 216 Å². The summed E-state index contributed by atoms with van der Waals surface area (Å²) in [5.41, 5.74) is 18.0. The quantitative estimate of drug-likeness (QED) is 0.165. The van der Waals surface area contributed by atoms with Gasteiger partial charge in [-0.3, -0.25) is 0 Å². The van der Waals surface area contributed by atoms with Crippen LogP contribution < -0.4 is 0 Å². The van der Waals surface area contributed by atoms with Crippen LogP contribution in [0, 0.1) is 0 Å². The molecule has 0 aliphatic heterocycles. The fourth-order valence-corrected chi connectivity index (χ4v) is 11.4. The Labute approximate surface area is 373 Å². The van der Waals surface area contributed by atoms with Gasteiger partial charge in [0.1, 0.15) is 0 Å². The van der Waals surface area contributed by atoms with E-state index in [9.17, 15) is 0 Å². The van der Waals surface area contributed by atoms with Gasteiger partial charge in [0.15, 0.2) is 5.82 Å². The van der Waals surface area contributed by atoms with Crippen molar-refractivity contribution < 1.29 is 0 Å². The molecule has 1 heterocycles. The Balaban J connectivity index is 0.915. The van der Waals surface area contributed by atoms with E-state index >= 15 is 0 Å². The standard InChI is InChI=1S/C62H44N2/c1-61(2)52-24-14-23-50(57(52)51-33-38-17-8-9-18-39(38)34-54(51)61)56-36-55(63-60(64-56)37-15-6-5-7-16-37)44-28-27-40-31-41(25-26-42(40)32-44)43-29-30-49-53(35-43)62(3,4)59-48-22-13-11-20-46(48)45-19-10-12-21-47(45)58(49)59/h5-36H,1-4H3. The predicted octanol–water partition coefficient (Wildman–Crippen LogP) is 16.4. The fraction of sp³-hybridized carbons (Fsp3) is 0.0968. The molecule has 0 fully saturated rings. The molecular formula is C62H44N2.